The van der Waals surface area contributed by atoms with E-state index in [0.29, 0.717) is 6.04 Å². The lowest BCUT2D eigenvalue weighted by molar-refractivity contribution is 0.0704. The molecule has 0 aromatic heterocycles. The van der Waals surface area contributed by atoms with E-state index < -0.39 is 0 Å². The summed E-state index contributed by atoms with van der Waals surface area (Å²) in [5.41, 5.74) is 1.92. The van der Waals surface area contributed by atoms with Crippen molar-refractivity contribution in [2.45, 2.75) is 38.6 Å². The molecule has 1 saturated carbocycles. The van der Waals surface area contributed by atoms with Gasteiger partial charge in [0.05, 0.1) is 5.56 Å². The third-order valence-corrected chi connectivity index (χ3v) is 5.22. The predicted octanol–water partition coefficient (Wildman–Crippen LogP) is 3.36. The van der Waals surface area contributed by atoms with Crippen LogP contribution in [-0.2, 0) is 0 Å². The molecule has 2 fully saturated rings. The van der Waals surface area contributed by atoms with E-state index in [1.165, 1.54) is 19.4 Å². The van der Waals surface area contributed by atoms with Crippen LogP contribution in [0.2, 0.25) is 0 Å². The van der Waals surface area contributed by atoms with Crippen LogP contribution in [0.1, 0.15) is 41.6 Å². The van der Waals surface area contributed by atoms with Crippen molar-refractivity contribution in [1.82, 2.24) is 10.2 Å². The van der Waals surface area contributed by atoms with E-state index in [4.69, 9.17) is 0 Å². The van der Waals surface area contributed by atoms with Crippen LogP contribution in [0.3, 0.4) is 0 Å². The highest BCUT2D eigenvalue weighted by atomic mass is 79.9. The fourth-order valence-corrected chi connectivity index (χ4v) is 3.33. The molecule has 4 heteroatoms. The average Bonchev–Trinajstić information content (AvgIpc) is 3.32. The van der Waals surface area contributed by atoms with Crippen LogP contribution in [-0.4, -0.2) is 36.5 Å². The van der Waals surface area contributed by atoms with E-state index in [0.717, 1.165) is 47.4 Å². The van der Waals surface area contributed by atoms with Gasteiger partial charge in [-0.1, -0.05) is 11.6 Å². The zero-order valence-electron chi connectivity index (χ0n) is 12.6. The van der Waals surface area contributed by atoms with Gasteiger partial charge in [-0.15, -0.1) is 0 Å². The van der Waals surface area contributed by atoms with Crippen molar-refractivity contribution in [2.24, 2.45) is 5.92 Å². The first kappa shape index (κ1) is 15.0. The number of hydrogen-bond acceptors (Lipinski definition) is 2. The number of likely N-dealkylation sites (tertiary alicyclic amines) is 1. The molecule has 2 aliphatic rings. The Kier molecular flexibility index (Phi) is 4.65. The third kappa shape index (κ3) is 3.86. The van der Waals surface area contributed by atoms with Crippen LogP contribution in [0, 0.1) is 12.8 Å². The van der Waals surface area contributed by atoms with Crippen molar-refractivity contribution in [3.63, 3.8) is 0 Å². The smallest absolute Gasteiger partial charge is 0.255 e. The summed E-state index contributed by atoms with van der Waals surface area (Å²) in [6, 6.07) is 6.56. The van der Waals surface area contributed by atoms with Crippen LogP contribution in [0.4, 0.5) is 0 Å². The standard InChI is InChI=1S/C17H23BrN2O/c1-12-2-5-16(18)15(10-12)17(21)20-8-6-14(7-9-20)19-11-13-3-4-13/h2,5,10,13-14,19H,3-4,6-9,11H2,1H3. The summed E-state index contributed by atoms with van der Waals surface area (Å²) in [4.78, 5) is 14.6. The van der Waals surface area contributed by atoms with E-state index in [-0.39, 0.29) is 5.91 Å². The summed E-state index contributed by atoms with van der Waals surface area (Å²) >= 11 is 3.50. The SMILES string of the molecule is Cc1ccc(Br)c(C(=O)N2CCC(NCC3CC3)CC2)c1. The molecular formula is C17H23BrN2O. The summed E-state index contributed by atoms with van der Waals surface area (Å²) in [5.74, 6) is 1.08. The minimum atomic E-state index is 0.159. The molecule has 1 aliphatic heterocycles. The molecule has 21 heavy (non-hydrogen) atoms. The Hall–Kier alpha value is -0.870. The van der Waals surface area contributed by atoms with Gasteiger partial charge in [-0.3, -0.25) is 4.79 Å². The molecule has 0 bridgehead atoms. The van der Waals surface area contributed by atoms with Gasteiger partial charge in [-0.2, -0.15) is 0 Å². The molecule has 3 nitrogen and oxygen atoms in total. The van der Waals surface area contributed by atoms with Crippen LogP contribution >= 0.6 is 15.9 Å². The Balaban J connectivity index is 1.55. The minimum absolute atomic E-state index is 0.159. The number of piperidine rings is 1. The molecule has 1 aliphatic carbocycles. The quantitative estimate of drug-likeness (QED) is 0.902. The van der Waals surface area contributed by atoms with Crippen molar-refractivity contribution >= 4 is 21.8 Å². The van der Waals surface area contributed by atoms with Crippen molar-refractivity contribution in [3.8, 4) is 0 Å². The molecule has 1 aromatic carbocycles. The number of aryl methyl sites for hydroxylation is 1. The van der Waals surface area contributed by atoms with Crippen molar-refractivity contribution < 1.29 is 4.79 Å². The monoisotopic (exact) mass is 350 g/mol. The van der Waals surface area contributed by atoms with Crippen molar-refractivity contribution in [2.75, 3.05) is 19.6 Å². The maximum Gasteiger partial charge on any atom is 0.255 e. The minimum Gasteiger partial charge on any atom is -0.338 e. The molecular weight excluding hydrogens is 328 g/mol. The Morgan fingerprint density at radius 3 is 2.67 bits per heavy atom. The number of hydrogen-bond donors (Lipinski definition) is 1. The summed E-state index contributed by atoms with van der Waals surface area (Å²) in [6.07, 6.45) is 4.93. The number of carbonyl (C=O) groups is 1. The van der Waals surface area contributed by atoms with Gasteiger partial charge < -0.3 is 10.2 Å². The molecule has 0 atom stereocenters. The Labute approximate surface area is 135 Å². The van der Waals surface area contributed by atoms with Crippen LogP contribution in [0.15, 0.2) is 22.7 Å². The third-order valence-electron chi connectivity index (χ3n) is 4.53. The molecule has 1 heterocycles. The molecule has 114 valence electrons. The van der Waals surface area contributed by atoms with Gasteiger partial charge in [0.1, 0.15) is 0 Å². The van der Waals surface area contributed by atoms with Crippen LogP contribution in [0.25, 0.3) is 0 Å². The van der Waals surface area contributed by atoms with Gasteiger partial charge in [-0.05, 0) is 73.1 Å². The maximum atomic E-state index is 12.6. The molecule has 1 aromatic rings. The Bertz CT molecular complexity index is 520. The number of halogens is 1. The molecule has 0 unspecified atom stereocenters. The van der Waals surface area contributed by atoms with Gasteiger partial charge in [0.15, 0.2) is 0 Å². The summed E-state index contributed by atoms with van der Waals surface area (Å²) in [6.45, 7) is 4.92. The van der Waals surface area contributed by atoms with E-state index in [9.17, 15) is 4.79 Å². The Morgan fingerprint density at radius 2 is 2.00 bits per heavy atom. The molecule has 3 rings (SSSR count). The lowest BCUT2D eigenvalue weighted by atomic mass is 10.0. The highest BCUT2D eigenvalue weighted by Gasteiger charge is 2.26. The molecule has 0 radical (unpaired) electrons. The summed E-state index contributed by atoms with van der Waals surface area (Å²) in [5, 5.41) is 3.66. The predicted molar refractivity (Wildman–Crippen MR) is 88.5 cm³/mol. The second kappa shape index (κ2) is 6.49. The normalized spacial score (nSPS) is 19.8. The summed E-state index contributed by atoms with van der Waals surface area (Å²) < 4.78 is 0.895. The fraction of sp³-hybridized carbons (Fsp3) is 0.588. The summed E-state index contributed by atoms with van der Waals surface area (Å²) in [7, 11) is 0. The van der Waals surface area contributed by atoms with Gasteiger partial charge in [0.25, 0.3) is 5.91 Å². The first-order valence-corrected chi connectivity index (χ1v) is 8.71. The fourth-order valence-electron chi connectivity index (χ4n) is 2.92. The largest absolute Gasteiger partial charge is 0.338 e. The van der Waals surface area contributed by atoms with Gasteiger partial charge >= 0.3 is 0 Å². The highest BCUT2D eigenvalue weighted by molar-refractivity contribution is 9.10. The second-order valence-electron chi connectivity index (χ2n) is 6.40. The van der Waals surface area contributed by atoms with Gasteiger partial charge in [0.2, 0.25) is 0 Å². The molecule has 1 saturated heterocycles. The van der Waals surface area contributed by atoms with Crippen LogP contribution in [0.5, 0.6) is 0 Å². The Morgan fingerprint density at radius 1 is 1.29 bits per heavy atom. The highest BCUT2D eigenvalue weighted by Crippen LogP contribution is 2.28. The van der Waals surface area contributed by atoms with Gasteiger partial charge in [0, 0.05) is 23.6 Å². The lowest BCUT2D eigenvalue weighted by Crippen LogP contribution is -2.45. The number of rotatable bonds is 4. The molecule has 1 amide bonds. The lowest BCUT2D eigenvalue weighted by Gasteiger charge is -2.33. The first-order valence-electron chi connectivity index (χ1n) is 7.92. The number of nitrogens with one attached hydrogen (secondary N) is 1. The van der Waals surface area contributed by atoms with E-state index in [1.807, 2.05) is 30.0 Å². The number of benzene rings is 1. The number of nitrogens with zero attached hydrogens (tertiary/aromatic N) is 1. The zero-order valence-corrected chi connectivity index (χ0v) is 14.2. The van der Waals surface area contributed by atoms with Crippen molar-refractivity contribution in [1.29, 1.82) is 0 Å². The first-order chi connectivity index (χ1) is 10.1. The second-order valence-corrected chi connectivity index (χ2v) is 7.26. The number of carbonyl (C=O) groups excluding carboxylic acids is 1. The molecule has 0 spiro atoms. The van der Waals surface area contributed by atoms with E-state index in [1.54, 1.807) is 0 Å². The van der Waals surface area contributed by atoms with Gasteiger partial charge in [-0.25, -0.2) is 0 Å². The van der Waals surface area contributed by atoms with Crippen molar-refractivity contribution in [3.05, 3.63) is 33.8 Å². The van der Waals surface area contributed by atoms with E-state index >= 15 is 0 Å². The average molecular weight is 351 g/mol. The topological polar surface area (TPSA) is 32.3 Å². The number of amides is 1. The van der Waals surface area contributed by atoms with E-state index in [2.05, 4.69) is 21.2 Å². The zero-order chi connectivity index (χ0) is 14.8. The maximum absolute atomic E-state index is 12.6. The van der Waals surface area contributed by atoms with Crippen LogP contribution < -0.4 is 5.32 Å². The molecule has 1 N–H and O–H groups in total.